The predicted molar refractivity (Wildman–Crippen MR) is 118 cm³/mol. The van der Waals surface area contributed by atoms with Crippen LogP contribution in [0.1, 0.15) is 25.5 Å². The molecule has 1 atom stereocenters. The van der Waals surface area contributed by atoms with E-state index >= 15 is 0 Å². The molecule has 0 aromatic heterocycles. The Morgan fingerprint density at radius 1 is 1.20 bits per heavy atom. The molecule has 30 heavy (non-hydrogen) atoms. The van der Waals surface area contributed by atoms with E-state index in [0.717, 1.165) is 5.56 Å². The molecule has 0 bridgehead atoms. The third kappa shape index (κ3) is 4.88. The van der Waals surface area contributed by atoms with Crippen LogP contribution in [-0.2, 0) is 4.79 Å². The van der Waals surface area contributed by atoms with Gasteiger partial charge in [0.15, 0.2) is 23.2 Å². The number of nitriles is 1. The smallest absolute Gasteiger partial charge is 0.255 e. The molecule has 0 saturated carbocycles. The van der Waals surface area contributed by atoms with Crippen LogP contribution in [0, 0.1) is 11.3 Å². The molecule has 3 rings (SSSR count). The summed E-state index contributed by atoms with van der Waals surface area (Å²) in [6.45, 7) is 4.02. The first-order valence-electron chi connectivity index (χ1n) is 9.44. The zero-order chi connectivity index (χ0) is 21.5. The highest BCUT2D eigenvalue weighted by Gasteiger charge is 2.30. The van der Waals surface area contributed by atoms with E-state index in [1.54, 1.807) is 12.1 Å². The van der Waals surface area contributed by atoms with Gasteiger partial charge in [-0.05, 0) is 55.9 Å². The number of anilines is 1. The SMILES string of the molecule is CCOc1cc([C@@H]2NC(=S)NC(C)=C2C(=O)Nc2ccccc2)ccc1OCC#N. The summed E-state index contributed by atoms with van der Waals surface area (Å²) >= 11 is 5.32. The van der Waals surface area contributed by atoms with Crippen LogP contribution in [0.5, 0.6) is 11.5 Å². The van der Waals surface area contributed by atoms with Crippen molar-refractivity contribution >= 4 is 28.9 Å². The number of carbonyl (C=O) groups excluding carboxylic acids is 1. The monoisotopic (exact) mass is 422 g/mol. The molecular weight excluding hydrogens is 400 g/mol. The quantitative estimate of drug-likeness (QED) is 0.589. The van der Waals surface area contributed by atoms with Gasteiger partial charge in [0.1, 0.15) is 6.07 Å². The van der Waals surface area contributed by atoms with E-state index in [2.05, 4.69) is 16.0 Å². The predicted octanol–water partition coefficient (Wildman–Crippen LogP) is 3.42. The molecule has 0 aliphatic carbocycles. The van der Waals surface area contributed by atoms with Crippen LogP contribution in [0.3, 0.4) is 0 Å². The lowest BCUT2D eigenvalue weighted by Gasteiger charge is -2.30. The van der Waals surface area contributed by atoms with Gasteiger partial charge in [0.05, 0.1) is 18.2 Å². The standard InChI is InChI=1S/C22H22N4O3S/c1-3-28-18-13-15(9-10-17(18)29-12-11-23)20-19(14(2)24-22(30)26-20)21(27)25-16-7-5-4-6-8-16/h4-10,13,20H,3,12H2,1-2H3,(H,25,27)(H2,24,26,30)/t20-/m0/s1. The van der Waals surface area contributed by atoms with Gasteiger partial charge in [0.2, 0.25) is 0 Å². The Balaban J connectivity index is 1.96. The lowest BCUT2D eigenvalue weighted by atomic mass is 9.94. The number of hydrogen-bond donors (Lipinski definition) is 3. The molecule has 7 nitrogen and oxygen atoms in total. The average Bonchev–Trinajstić information content (AvgIpc) is 2.73. The summed E-state index contributed by atoms with van der Waals surface area (Å²) in [4.78, 5) is 13.1. The number of nitrogens with zero attached hydrogens (tertiary/aromatic N) is 1. The first-order valence-corrected chi connectivity index (χ1v) is 9.85. The van der Waals surface area contributed by atoms with Crippen LogP contribution >= 0.6 is 12.2 Å². The molecule has 8 heteroatoms. The summed E-state index contributed by atoms with van der Waals surface area (Å²) in [5.74, 6) is 0.723. The molecule has 0 unspecified atom stereocenters. The van der Waals surface area contributed by atoms with Crippen LogP contribution in [0.15, 0.2) is 59.8 Å². The van der Waals surface area contributed by atoms with Crippen molar-refractivity contribution in [2.75, 3.05) is 18.5 Å². The Morgan fingerprint density at radius 3 is 2.67 bits per heavy atom. The zero-order valence-corrected chi connectivity index (χ0v) is 17.5. The number of nitrogens with one attached hydrogen (secondary N) is 3. The van der Waals surface area contributed by atoms with Crippen LogP contribution in [0.2, 0.25) is 0 Å². The van der Waals surface area contributed by atoms with Crippen molar-refractivity contribution < 1.29 is 14.3 Å². The number of allylic oxidation sites excluding steroid dienone is 1. The van der Waals surface area contributed by atoms with Gasteiger partial charge in [-0.2, -0.15) is 5.26 Å². The van der Waals surface area contributed by atoms with Gasteiger partial charge in [0.25, 0.3) is 5.91 Å². The summed E-state index contributed by atoms with van der Waals surface area (Å²) in [7, 11) is 0. The molecule has 0 radical (unpaired) electrons. The minimum atomic E-state index is -0.480. The highest BCUT2D eigenvalue weighted by Crippen LogP contribution is 2.34. The maximum Gasteiger partial charge on any atom is 0.255 e. The van der Waals surface area contributed by atoms with Gasteiger partial charge in [-0.15, -0.1) is 0 Å². The van der Waals surface area contributed by atoms with Crippen molar-refractivity contribution in [1.82, 2.24) is 10.6 Å². The minimum Gasteiger partial charge on any atom is -0.490 e. The van der Waals surface area contributed by atoms with Crippen molar-refractivity contribution in [3.8, 4) is 17.6 Å². The number of rotatable bonds is 7. The molecule has 3 N–H and O–H groups in total. The van der Waals surface area contributed by atoms with E-state index in [1.807, 2.05) is 56.3 Å². The van der Waals surface area contributed by atoms with E-state index < -0.39 is 6.04 Å². The van der Waals surface area contributed by atoms with E-state index in [-0.39, 0.29) is 12.5 Å². The van der Waals surface area contributed by atoms with Crippen molar-refractivity contribution in [1.29, 1.82) is 5.26 Å². The molecule has 0 fully saturated rings. The Labute approximate surface area is 180 Å². The normalized spacial score (nSPS) is 15.5. The molecule has 1 heterocycles. The van der Waals surface area contributed by atoms with Crippen molar-refractivity contribution in [3.63, 3.8) is 0 Å². The van der Waals surface area contributed by atoms with Gasteiger partial charge in [0, 0.05) is 11.4 Å². The Kier molecular flexibility index (Phi) is 6.88. The second-order valence-corrected chi connectivity index (χ2v) is 6.88. The van der Waals surface area contributed by atoms with E-state index in [9.17, 15) is 4.79 Å². The molecule has 2 aromatic carbocycles. The number of thiocarbonyl (C=S) groups is 1. The van der Waals surface area contributed by atoms with Crippen molar-refractivity contribution in [2.45, 2.75) is 19.9 Å². The van der Waals surface area contributed by atoms with Gasteiger partial charge in [-0.3, -0.25) is 4.79 Å². The fraction of sp³-hybridized carbons (Fsp3) is 0.227. The fourth-order valence-electron chi connectivity index (χ4n) is 3.17. The molecule has 154 valence electrons. The third-order valence-electron chi connectivity index (χ3n) is 4.44. The van der Waals surface area contributed by atoms with Crippen LogP contribution < -0.4 is 25.4 Å². The highest BCUT2D eigenvalue weighted by atomic mass is 32.1. The summed E-state index contributed by atoms with van der Waals surface area (Å²) < 4.78 is 11.1. The van der Waals surface area contributed by atoms with E-state index in [4.69, 9.17) is 27.0 Å². The summed E-state index contributed by atoms with van der Waals surface area (Å²) in [5, 5.41) is 18.3. The third-order valence-corrected chi connectivity index (χ3v) is 4.66. The average molecular weight is 423 g/mol. The number of amides is 1. The van der Waals surface area contributed by atoms with Crippen LogP contribution in [-0.4, -0.2) is 24.2 Å². The van der Waals surface area contributed by atoms with Crippen molar-refractivity contribution in [3.05, 3.63) is 65.4 Å². The molecule has 2 aromatic rings. The largest absolute Gasteiger partial charge is 0.490 e. The Bertz CT molecular complexity index is 1010. The topological polar surface area (TPSA) is 95.4 Å². The zero-order valence-electron chi connectivity index (χ0n) is 16.7. The van der Waals surface area contributed by atoms with Gasteiger partial charge in [-0.1, -0.05) is 24.3 Å². The molecular formula is C22H22N4O3S. The van der Waals surface area contributed by atoms with Gasteiger partial charge >= 0.3 is 0 Å². The van der Waals surface area contributed by atoms with E-state index in [0.29, 0.717) is 40.2 Å². The molecule has 1 aliphatic heterocycles. The number of para-hydroxylation sites is 1. The lowest BCUT2D eigenvalue weighted by molar-refractivity contribution is -0.113. The number of ether oxygens (including phenoxy) is 2. The molecule has 0 spiro atoms. The van der Waals surface area contributed by atoms with Gasteiger partial charge < -0.3 is 25.4 Å². The second-order valence-electron chi connectivity index (χ2n) is 6.48. The minimum absolute atomic E-state index is 0.0845. The van der Waals surface area contributed by atoms with Crippen LogP contribution in [0.4, 0.5) is 5.69 Å². The number of carbonyl (C=O) groups is 1. The molecule has 1 amide bonds. The van der Waals surface area contributed by atoms with E-state index in [1.165, 1.54) is 0 Å². The Hall–Kier alpha value is -3.57. The molecule has 1 aliphatic rings. The van der Waals surface area contributed by atoms with Gasteiger partial charge in [-0.25, -0.2) is 0 Å². The van der Waals surface area contributed by atoms with Crippen LogP contribution in [0.25, 0.3) is 0 Å². The lowest BCUT2D eigenvalue weighted by Crippen LogP contribution is -2.45. The summed E-state index contributed by atoms with van der Waals surface area (Å²) in [6, 6.07) is 16.1. The summed E-state index contributed by atoms with van der Waals surface area (Å²) in [6.07, 6.45) is 0. The Morgan fingerprint density at radius 2 is 1.97 bits per heavy atom. The maximum absolute atomic E-state index is 13.1. The second kappa shape index (κ2) is 9.76. The van der Waals surface area contributed by atoms with Crippen molar-refractivity contribution in [2.24, 2.45) is 0 Å². The maximum atomic E-state index is 13.1. The first kappa shape index (κ1) is 21.1. The summed E-state index contributed by atoms with van der Waals surface area (Å²) in [5.41, 5.74) is 2.66. The first-order chi connectivity index (χ1) is 14.5. The number of benzene rings is 2. The number of hydrogen-bond acceptors (Lipinski definition) is 5. The highest BCUT2D eigenvalue weighted by molar-refractivity contribution is 7.80. The molecule has 0 saturated heterocycles. The fourth-order valence-corrected chi connectivity index (χ4v) is 3.44.